The van der Waals surface area contributed by atoms with Crippen molar-refractivity contribution in [3.8, 4) is 22.6 Å². The number of hydrogen-bond acceptors (Lipinski definition) is 6. The lowest BCUT2D eigenvalue weighted by Crippen LogP contribution is -2.60. The van der Waals surface area contributed by atoms with E-state index in [4.69, 9.17) is 9.47 Å². The standard InChI is InChI=1S/C27H28N4O6/c1-16(32)29-8-6-17(7-9-29)26(34)30-10-11-31-22(14-30)25(33)28-21-4-2-18(12-20(21)27(31)35)19-3-5-23-24(13-19)37-15-36-23/h2-5,12-13,17,22H,6-11,14-15H2,1H3,(H,28,33). The van der Waals surface area contributed by atoms with Gasteiger partial charge < -0.3 is 29.5 Å². The molecule has 4 amide bonds. The van der Waals surface area contributed by atoms with Gasteiger partial charge in [-0.1, -0.05) is 12.1 Å². The molecule has 37 heavy (non-hydrogen) atoms. The largest absolute Gasteiger partial charge is 0.454 e. The van der Waals surface area contributed by atoms with Gasteiger partial charge in [-0.3, -0.25) is 19.2 Å². The van der Waals surface area contributed by atoms with Crippen LogP contribution in [0.3, 0.4) is 0 Å². The van der Waals surface area contributed by atoms with Crippen LogP contribution >= 0.6 is 0 Å². The predicted octanol–water partition coefficient (Wildman–Crippen LogP) is 1.95. The molecule has 2 saturated heterocycles. The van der Waals surface area contributed by atoms with Crippen molar-refractivity contribution < 1.29 is 28.7 Å². The SMILES string of the molecule is CC(=O)N1CCC(C(=O)N2CCN3C(=O)c4cc(-c5ccc6c(c5)OCO6)ccc4NC(=O)C3C2)CC1. The van der Waals surface area contributed by atoms with Crippen molar-refractivity contribution in [1.82, 2.24) is 14.7 Å². The van der Waals surface area contributed by atoms with Crippen LogP contribution in [0.5, 0.6) is 11.5 Å². The maximum Gasteiger partial charge on any atom is 0.256 e. The topological polar surface area (TPSA) is 108 Å². The third-order valence-corrected chi connectivity index (χ3v) is 7.76. The summed E-state index contributed by atoms with van der Waals surface area (Å²) >= 11 is 0. The first-order chi connectivity index (χ1) is 17.9. The molecule has 0 aliphatic carbocycles. The highest BCUT2D eigenvalue weighted by Crippen LogP contribution is 2.37. The number of carbonyl (C=O) groups excluding carboxylic acids is 4. The Morgan fingerprint density at radius 2 is 1.62 bits per heavy atom. The molecule has 10 nitrogen and oxygen atoms in total. The molecule has 1 atom stereocenters. The zero-order chi connectivity index (χ0) is 25.7. The summed E-state index contributed by atoms with van der Waals surface area (Å²) in [5.74, 6) is 0.647. The number of nitrogens with one attached hydrogen (secondary N) is 1. The maximum absolute atomic E-state index is 13.6. The molecule has 1 N–H and O–H groups in total. The lowest BCUT2D eigenvalue weighted by molar-refractivity contribution is -0.143. The molecule has 2 aromatic rings. The molecular formula is C27H28N4O6. The van der Waals surface area contributed by atoms with E-state index in [1.807, 2.05) is 24.3 Å². The van der Waals surface area contributed by atoms with Crippen molar-refractivity contribution in [2.24, 2.45) is 5.92 Å². The predicted molar refractivity (Wildman–Crippen MR) is 133 cm³/mol. The van der Waals surface area contributed by atoms with E-state index in [-0.39, 0.29) is 49.4 Å². The number of amides is 4. The number of piperidine rings is 1. The quantitative estimate of drug-likeness (QED) is 0.670. The van der Waals surface area contributed by atoms with Gasteiger partial charge in [0.1, 0.15) is 6.04 Å². The van der Waals surface area contributed by atoms with E-state index in [0.717, 1.165) is 11.1 Å². The minimum Gasteiger partial charge on any atom is -0.454 e. The highest BCUT2D eigenvalue weighted by atomic mass is 16.7. The van der Waals surface area contributed by atoms with Gasteiger partial charge >= 0.3 is 0 Å². The Labute approximate surface area is 214 Å². The zero-order valence-corrected chi connectivity index (χ0v) is 20.6. The molecule has 2 aromatic carbocycles. The highest BCUT2D eigenvalue weighted by Gasteiger charge is 2.42. The summed E-state index contributed by atoms with van der Waals surface area (Å²) in [5.41, 5.74) is 2.58. The fraction of sp³-hybridized carbons (Fsp3) is 0.407. The van der Waals surface area contributed by atoms with Gasteiger partial charge in [0, 0.05) is 39.0 Å². The Bertz CT molecular complexity index is 1300. The minimum atomic E-state index is -0.760. The van der Waals surface area contributed by atoms with Gasteiger partial charge in [-0.2, -0.15) is 0 Å². The third kappa shape index (κ3) is 4.16. The molecule has 2 fully saturated rings. The van der Waals surface area contributed by atoms with Crippen LogP contribution in [0.2, 0.25) is 0 Å². The van der Waals surface area contributed by atoms with E-state index in [9.17, 15) is 19.2 Å². The average Bonchev–Trinajstić information content (AvgIpc) is 3.36. The molecule has 0 saturated carbocycles. The Morgan fingerprint density at radius 3 is 2.41 bits per heavy atom. The Balaban J connectivity index is 1.20. The van der Waals surface area contributed by atoms with Crippen molar-refractivity contribution in [1.29, 1.82) is 0 Å². The van der Waals surface area contributed by atoms with Crippen LogP contribution in [0.4, 0.5) is 5.69 Å². The molecule has 1 unspecified atom stereocenters. The fourth-order valence-electron chi connectivity index (χ4n) is 5.61. The summed E-state index contributed by atoms with van der Waals surface area (Å²) in [7, 11) is 0. The number of fused-ring (bicyclic) bond motifs is 3. The summed E-state index contributed by atoms with van der Waals surface area (Å²) < 4.78 is 10.9. The number of ether oxygens (including phenoxy) is 2. The van der Waals surface area contributed by atoms with E-state index < -0.39 is 6.04 Å². The van der Waals surface area contributed by atoms with Gasteiger partial charge in [0.15, 0.2) is 11.5 Å². The summed E-state index contributed by atoms with van der Waals surface area (Å²) in [6, 6.07) is 10.2. The number of benzene rings is 2. The molecule has 0 bridgehead atoms. The lowest BCUT2D eigenvalue weighted by Gasteiger charge is -2.41. The summed E-state index contributed by atoms with van der Waals surface area (Å²) in [6.45, 7) is 3.66. The van der Waals surface area contributed by atoms with Crippen LogP contribution in [0, 0.1) is 5.92 Å². The van der Waals surface area contributed by atoms with Crippen molar-refractivity contribution in [3.63, 3.8) is 0 Å². The van der Waals surface area contributed by atoms with Gasteiger partial charge in [-0.05, 0) is 48.2 Å². The Morgan fingerprint density at radius 1 is 0.892 bits per heavy atom. The number of carbonyl (C=O) groups is 4. The molecule has 6 rings (SSSR count). The van der Waals surface area contributed by atoms with Crippen LogP contribution < -0.4 is 14.8 Å². The molecule has 0 aromatic heterocycles. The monoisotopic (exact) mass is 504 g/mol. The first-order valence-corrected chi connectivity index (χ1v) is 12.6. The lowest BCUT2D eigenvalue weighted by atomic mass is 9.94. The van der Waals surface area contributed by atoms with Crippen molar-refractivity contribution in [2.75, 3.05) is 44.8 Å². The Hall–Kier alpha value is -4.08. The van der Waals surface area contributed by atoms with Crippen LogP contribution in [-0.2, 0) is 14.4 Å². The van der Waals surface area contributed by atoms with E-state index in [0.29, 0.717) is 55.2 Å². The number of anilines is 1. The van der Waals surface area contributed by atoms with Gasteiger partial charge in [-0.25, -0.2) is 0 Å². The number of likely N-dealkylation sites (tertiary alicyclic amines) is 1. The second-order valence-electron chi connectivity index (χ2n) is 9.90. The first kappa shape index (κ1) is 23.3. The third-order valence-electron chi connectivity index (χ3n) is 7.76. The molecule has 0 spiro atoms. The smallest absolute Gasteiger partial charge is 0.256 e. The second kappa shape index (κ2) is 9.10. The molecule has 4 heterocycles. The highest BCUT2D eigenvalue weighted by molar-refractivity contribution is 6.11. The molecule has 0 radical (unpaired) electrons. The van der Waals surface area contributed by atoms with E-state index in [1.165, 1.54) is 0 Å². The van der Waals surface area contributed by atoms with Crippen LogP contribution in [0.25, 0.3) is 11.1 Å². The number of rotatable bonds is 2. The van der Waals surface area contributed by atoms with Crippen molar-refractivity contribution in [2.45, 2.75) is 25.8 Å². The average molecular weight is 505 g/mol. The molecule has 4 aliphatic rings. The molecular weight excluding hydrogens is 476 g/mol. The van der Waals surface area contributed by atoms with Gasteiger partial charge in [0.05, 0.1) is 17.8 Å². The molecule has 4 aliphatic heterocycles. The summed E-state index contributed by atoms with van der Waals surface area (Å²) in [4.78, 5) is 56.7. The maximum atomic E-state index is 13.6. The van der Waals surface area contributed by atoms with Gasteiger partial charge in [0.2, 0.25) is 24.5 Å². The number of nitrogens with zero attached hydrogens (tertiary/aromatic N) is 3. The Kier molecular flexibility index (Phi) is 5.73. The van der Waals surface area contributed by atoms with E-state index in [2.05, 4.69) is 5.32 Å². The first-order valence-electron chi connectivity index (χ1n) is 12.6. The fourth-order valence-corrected chi connectivity index (χ4v) is 5.61. The molecule has 10 heteroatoms. The molecule has 192 valence electrons. The van der Waals surface area contributed by atoms with E-state index >= 15 is 0 Å². The second-order valence-corrected chi connectivity index (χ2v) is 9.90. The number of hydrogen-bond donors (Lipinski definition) is 1. The zero-order valence-electron chi connectivity index (χ0n) is 20.6. The van der Waals surface area contributed by atoms with Crippen molar-refractivity contribution >= 4 is 29.3 Å². The van der Waals surface area contributed by atoms with Crippen molar-refractivity contribution in [3.05, 3.63) is 42.0 Å². The summed E-state index contributed by atoms with van der Waals surface area (Å²) in [6.07, 6.45) is 1.23. The van der Waals surface area contributed by atoms with Crippen LogP contribution in [-0.4, -0.2) is 83.9 Å². The van der Waals surface area contributed by atoms with Crippen LogP contribution in [0.1, 0.15) is 30.1 Å². The van der Waals surface area contributed by atoms with Gasteiger partial charge in [0.25, 0.3) is 5.91 Å². The summed E-state index contributed by atoms with van der Waals surface area (Å²) in [5, 5.41) is 2.90. The van der Waals surface area contributed by atoms with Gasteiger partial charge in [-0.15, -0.1) is 0 Å². The minimum absolute atomic E-state index is 0.00467. The number of piperazine rings is 1. The normalized spacial score (nSPS) is 21.2. The van der Waals surface area contributed by atoms with E-state index in [1.54, 1.807) is 33.8 Å². The van der Waals surface area contributed by atoms with Crippen LogP contribution in [0.15, 0.2) is 36.4 Å².